The first-order chi connectivity index (χ1) is 25.2. The number of rotatable bonds is 13. The number of H-pyrrole nitrogens is 2. The Morgan fingerprint density at radius 2 is 1.47 bits per heavy atom. The van der Waals surface area contributed by atoms with Gasteiger partial charge in [-0.05, 0) is 76.0 Å². The number of hydrogen-bond donors (Lipinski definition) is 4. The fraction of sp³-hybridized carbons (Fsp3) is 0.512. The van der Waals surface area contributed by atoms with E-state index in [-0.39, 0.29) is 53.8 Å². The molecule has 0 radical (unpaired) electrons. The molecule has 0 saturated carbocycles. The number of ether oxygens (including phenoxy) is 1. The van der Waals surface area contributed by atoms with Gasteiger partial charge in [-0.1, -0.05) is 34.6 Å². The largest absolute Gasteiger partial charge is 0.469 e. The molecule has 5 heterocycles. The van der Waals surface area contributed by atoms with Crippen molar-refractivity contribution in [3.05, 3.63) is 68.8 Å². The van der Waals surface area contributed by atoms with Crippen LogP contribution in [0.4, 0.5) is 0 Å². The molecule has 0 fully saturated rings. The summed E-state index contributed by atoms with van der Waals surface area (Å²) in [5.74, 6) is -1.60. The molecule has 4 atom stereocenters. The van der Waals surface area contributed by atoms with Crippen molar-refractivity contribution in [1.29, 1.82) is 0 Å². The number of nitrogens with two attached hydrogens (primary N) is 1. The van der Waals surface area contributed by atoms with E-state index in [0.717, 1.165) is 54.2 Å². The molecule has 0 spiro atoms. The number of amides is 2. The number of primary amides is 1. The van der Waals surface area contributed by atoms with Crippen LogP contribution in [0.25, 0.3) is 22.1 Å². The van der Waals surface area contributed by atoms with Gasteiger partial charge in [-0.25, -0.2) is 0 Å². The lowest BCUT2D eigenvalue weighted by Gasteiger charge is -2.19. The number of nitrogens with one attached hydrogen (secondary N) is 3. The number of esters is 1. The minimum absolute atomic E-state index is 0.0583. The third-order valence-electron chi connectivity index (χ3n) is 11.4. The fourth-order valence-corrected chi connectivity index (χ4v) is 8.14. The molecule has 2 aliphatic heterocycles. The first kappa shape index (κ1) is 39.4. The van der Waals surface area contributed by atoms with Crippen LogP contribution in [0, 0.1) is 13.8 Å². The first-order valence-electron chi connectivity index (χ1n) is 18.9. The van der Waals surface area contributed by atoms with Crippen molar-refractivity contribution in [2.45, 2.75) is 105 Å². The zero-order chi connectivity index (χ0) is 38.7. The average molecular weight is 726 g/mol. The van der Waals surface area contributed by atoms with Crippen LogP contribution < -0.4 is 11.1 Å². The number of nitrogens with zero attached hydrogens (tertiary/aromatic N) is 3. The van der Waals surface area contributed by atoms with E-state index in [0.29, 0.717) is 51.9 Å². The molecule has 8 bridgehead atoms. The van der Waals surface area contributed by atoms with E-state index in [4.69, 9.17) is 20.4 Å². The Bertz CT molecular complexity index is 2080. The van der Waals surface area contributed by atoms with E-state index >= 15 is 0 Å². The minimum Gasteiger partial charge on any atom is -0.469 e. The second kappa shape index (κ2) is 16.4. The summed E-state index contributed by atoms with van der Waals surface area (Å²) in [6.45, 7) is 18.9. The quantitative estimate of drug-likeness (QED) is 0.116. The van der Waals surface area contributed by atoms with E-state index in [1.54, 1.807) is 6.92 Å². The smallest absolute Gasteiger partial charge is 0.310 e. The predicted molar refractivity (Wildman–Crippen MR) is 207 cm³/mol. The molecule has 12 nitrogen and oxygen atoms in total. The number of carbonyl (C=O) groups excluding carboxylic acids is 4. The van der Waals surface area contributed by atoms with Gasteiger partial charge in [-0.15, -0.1) is 0 Å². The molecule has 5 N–H and O–H groups in total. The summed E-state index contributed by atoms with van der Waals surface area (Å²) < 4.78 is 5.17. The monoisotopic (exact) mass is 725 g/mol. The molecule has 3 aromatic heterocycles. The Balaban J connectivity index is 1.83. The van der Waals surface area contributed by atoms with Gasteiger partial charge in [0, 0.05) is 82.4 Å². The van der Waals surface area contributed by atoms with Gasteiger partial charge in [0.15, 0.2) is 5.78 Å². The van der Waals surface area contributed by atoms with Crippen molar-refractivity contribution in [3.63, 3.8) is 0 Å². The van der Waals surface area contributed by atoms with E-state index < -0.39 is 11.9 Å². The van der Waals surface area contributed by atoms with E-state index in [9.17, 15) is 19.2 Å². The van der Waals surface area contributed by atoms with Gasteiger partial charge >= 0.3 is 5.97 Å². The number of carbonyl (C=O) groups is 4. The van der Waals surface area contributed by atoms with E-state index in [2.05, 4.69) is 54.8 Å². The van der Waals surface area contributed by atoms with Gasteiger partial charge < -0.3 is 30.7 Å². The van der Waals surface area contributed by atoms with E-state index in [1.807, 2.05) is 32.0 Å². The lowest BCUT2D eigenvalue weighted by atomic mass is 9.85. The Labute approximate surface area is 311 Å². The molecule has 2 amide bonds. The lowest BCUT2D eigenvalue weighted by Crippen LogP contribution is -2.34. The van der Waals surface area contributed by atoms with E-state index in [1.165, 1.54) is 7.11 Å². The minimum atomic E-state index is -0.638. The van der Waals surface area contributed by atoms with Gasteiger partial charge in [-0.3, -0.25) is 29.1 Å². The molecule has 53 heavy (non-hydrogen) atoms. The Morgan fingerprint density at radius 3 is 2.09 bits per heavy atom. The van der Waals surface area contributed by atoms with Crippen molar-refractivity contribution in [3.8, 4) is 0 Å². The summed E-state index contributed by atoms with van der Waals surface area (Å²) in [5.41, 5.74) is 14.4. The summed E-state index contributed by atoms with van der Waals surface area (Å²) in [4.78, 5) is 72.2. The predicted octanol–water partition coefficient (Wildman–Crippen LogP) is 6.37. The molecule has 12 heteroatoms. The molecule has 2 unspecified atom stereocenters. The molecule has 284 valence electrons. The van der Waals surface area contributed by atoms with Crippen molar-refractivity contribution in [2.75, 3.05) is 33.3 Å². The highest BCUT2D eigenvalue weighted by Gasteiger charge is 2.34. The number of aryl methyl sites for hydroxylation is 2. The fourth-order valence-electron chi connectivity index (χ4n) is 8.14. The maximum atomic E-state index is 13.2. The average Bonchev–Trinajstić information content (AvgIpc) is 3.81. The number of fused-ring (bicyclic) bond motifs is 8. The third kappa shape index (κ3) is 7.93. The molecule has 0 saturated heterocycles. The summed E-state index contributed by atoms with van der Waals surface area (Å²) in [7, 11) is 1.32. The van der Waals surface area contributed by atoms with Crippen LogP contribution in [0.15, 0.2) is 18.2 Å². The Hall–Kier alpha value is -4.84. The van der Waals surface area contributed by atoms with Gasteiger partial charge in [0.2, 0.25) is 5.91 Å². The molecular formula is C41H55N7O5. The number of aromatic nitrogens is 4. The number of hydrogen-bond acceptors (Lipinski definition) is 8. The standard InChI is InChI=1S/C41H55N7O5/c1-10-26-21(4)29-20-34-37(25(8)49)23(6)31(45-34)18-30-22(5)27(13-14-35(50)43-15-16-48(11-2)12-3)39(46-30)28(17-36(51)53-9)40-38(41(42)52)24(7)32(47-40)19-33(26)44-29/h18-22,26-27,45,47H,10-17H2,1-9H3,(H2,42,52)(H,43,50)/t21-,22+,26?,27?/m1/s1. The normalized spacial score (nSPS) is 18.3. The van der Waals surface area contributed by atoms with Crippen LogP contribution in [0.2, 0.25) is 0 Å². The molecule has 2 aliphatic rings. The zero-order valence-electron chi connectivity index (χ0n) is 32.7. The highest BCUT2D eigenvalue weighted by atomic mass is 16.5. The van der Waals surface area contributed by atoms with Crippen LogP contribution in [-0.4, -0.2) is 81.7 Å². The summed E-state index contributed by atoms with van der Waals surface area (Å²) in [6, 6.07) is 5.89. The maximum Gasteiger partial charge on any atom is 0.310 e. The van der Waals surface area contributed by atoms with Crippen LogP contribution >= 0.6 is 0 Å². The van der Waals surface area contributed by atoms with Crippen molar-refractivity contribution >= 4 is 45.6 Å². The molecule has 0 aromatic carbocycles. The molecule has 5 rings (SSSR count). The van der Waals surface area contributed by atoms with Crippen LogP contribution in [-0.2, 0) is 20.7 Å². The van der Waals surface area contributed by atoms with Gasteiger partial charge in [0.1, 0.15) is 0 Å². The summed E-state index contributed by atoms with van der Waals surface area (Å²) in [5, 5.41) is 3.06. The second-order valence-electron chi connectivity index (χ2n) is 14.4. The number of Topliss-reactive ketones (excluding diaryl/α,β-unsaturated/α-hetero) is 1. The van der Waals surface area contributed by atoms with Gasteiger partial charge in [-0.2, -0.15) is 0 Å². The summed E-state index contributed by atoms with van der Waals surface area (Å²) >= 11 is 0. The number of methoxy groups -OCH3 is 1. The van der Waals surface area contributed by atoms with Crippen LogP contribution in [0.1, 0.15) is 145 Å². The summed E-state index contributed by atoms with van der Waals surface area (Å²) in [6.07, 6.45) is 1.32. The van der Waals surface area contributed by atoms with Crippen LogP contribution in [0.3, 0.4) is 0 Å². The topological polar surface area (TPSA) is 176 Å². The van der Waals surface area contributed by atoms with Gasteiger partial charge in [0.05, 0.1) is 35.8 Å². The van der Waals surface area contributed by atoms with Crippen LogP contribution in [0.5, 0.6) is 0 Å². The highest BCUT2D eigenvalue weighted by molar-refractivity contribution is 6.06. The molecule has 3 aromatic rings. The Kier molecular flexibility index (Phi) is 12.2. The number of ketones is 1. The second-order valence-corrected chi connectivity index (χ2v) is 14.4. The van der Waals surface area contributed by atoms with Crippen molar-refractivity contribution in [1.82, 2.24) is 30.2 Å². The first-order valence-corrected chi connectivity index (χ1v) is 18.9. The highest BCUT2D eigenvalue weighted by Crippen LogP contribution is 2.43. The number of likely N-dealkylation sites (N-methyl/N-ethyl adjacent to an activating group) is 1. The van der Waals surface area contributed by atoms with Gasteiger partial charge in [0.25, 0.3) is 5.91 Å². The molecule has 0 aliphatic carbocycles. The van der Waals surface area contributed by atoms with Crippen molar-refractivity contribution < 1.29 is 23.9 Å². The Morgan fingerprint density at radius 1 is 0.868 bits per heavy atom. The maximum absolute atomic E-state index is 13.2. The lowest BCUT2D eigenvalue weighted by molar-refractivity contribution is -0.139. The SMILES string of the molecule is CCC1c2cc3[nH]c(c(CC(=O)OC)c4nc(cc5[nH]c(cc(n2)[C@@H]1C)c(C(C)=O)c5C)[C@@H](C)C4CCC(=O)NCCN(CC)CC)c(C(N)=O)c3C. The number of aromatic amines is 2. The zero-order valence-corrected chi connectivity index (χ0v) is 32.7. The van der Waals surface area contributed by atoms with Crippen molar-refractivity contribution in [2.24, 2.45) is 5.73 Å². The third-order valence-corrected chi connectivity index (χ3v) is 11.4. The molecular weight excluding hydrogens is 670 g/mol.